The van der Waals surface area contributed by atoms with Crippen LogP contribution in [0.1, 0.15) is 40.5 Å². The lowest BCUT2D eigenvalue weighted by atomic mass is 9.95. The molecule has 1 fully saturated rings. The predicted octanol–water partition coefficient (Wildman–Crippen LogP) is 4.81. The Hall–Kier alpha value is -2.54. The number of aromatic hydroxyl groups is 1. The summed E-state index contributed by atoms with van der Waals surface area (Å²) in [4.78, 5) is 15.1. The van der Waals surface area contributed by atoms with Crippen molar-refractivity contribution < 1.29 is 14.6 Å². The molecule has 2 N–H and O–H groups in total. The maximum Gasteiger partial charge on any atom is 0.273 e. The fourth-order valence-corrected chi connectivity index (χ4v) is 4.61. The van der Waals surface area contributed by atoms with Crippen molar-refractivity contribution in [2.24, 2.45) is 0 Å². The number of ether oxygens (including phenoxy) is 1. The van der Waals surface area contributed by atoms with Crippen LogP contribution >= 0.6 is 23.2 Å². The largest absolute Gasteiger partial charge is 0.507 e. The number of benzene rings is 2. The maximum atomic E-state index is 13.3. The third-order valence-electron chi connectivity index (χ3n) is 5.71. The Morgan fingerprint density at radius 2 is 2.03 bits per heavy atom. The second kappa shape index (κ2) is 7.61. The summed E-state index contributed by atoms with van der Waals surface area (Å²) in [6.07, 6.45) is 1.89. The summed E-state index contributed by atoms with van der Waals surface area (Å²) in [5, 5.41) is 18.5. The maximum absolute atomic E-state index is 13.3. The van der Waals surface area contributed by atoms with Crippen LogP contribution in [0.3, 0.4) is 0 Å². The molecule has 2 aromatic carbocycles. The molecule has 1 aromatic heterocycles. The van der Waals surface area contributed by atoms with E-state index in [9.17, 15) is 9.90 Å². The van der Waals surface area contributed by atoms with Crippen LogP contribution in [0.15, 0.2) is 42.5 Å². The number of fused-ring (bicyclic) bond motifs is 1. The van der Waals surface area contributed by atoms with E-state index < -0.39 is 6.04 Å². The number of nitrogens with zero attached hydrogens (tertiary/aromatic N) is 2. The lowest BCUT2D eigenvalue weighted by Crippen LogP contribution is -2.36. The van der Waals surface area contributed by atoms with Gasteiger partial charge in [0.15, 0.2) is 0 Å². The van der Waals surface area contributed by atoms with Crippen molar-refractivity contribution in [3.63, 3.8) is 0 Å². The lowest BCUT2D eigenvalue weighted by molar-refractivity contribution is 0.0495. The molecule has 0 spiro atoms. The van der Waals surface area contributed by atoms with Gasteiger partial charge in [-0.05, 0) is 42.7 Å². The monoisotopic (exact) mass is 443 g/mol. The van der Waals surface area contributed by atoms with Crippen molar-refractivity contribution in [1.29, 1.82) is 0 Å². The summed E-state index contributed by atoms with van der Waals surface area (Å²) < 4.78 is 5.79. The zero-order valence-electron chi connectivity index (χ0n) is 15.9. The Morgan fingerprint density at radius 3 is 2.77 bits per heavy atom. The van der Waals surface area contributed by atoms with Gasteiger partial charge in [-0.3, -0.25) is 9.89 Å². The summed E-state index contributed by atoms with van der Waals surface area (Å²) in [7, 11) is 0. The van der Waals surface area contributed by atoms with Crippen LogP contribution in [0.5, 0.6) is 5.75 Å². The number of phenols is 1. The summed E-state index contributed by atoms with van der Waals surface area (Å²) in [6.45, 7) is 1.17. The number of nitrogens with one attached hydrogen (secondary N) is 1. The molecule has 154 valence electrons. The number of para-hydroxylation sites is 1. The van der Waals surface area contributed by atoms with E-state index in [1.165, 1.54) is 0 Å². The van der Waals surface area contributed by atoms with Crippen LogP contribution < -0.4 is 0 Å². The third-order valence-corrected chi connectivity index (χ3v) is 6.45. The molecule has 0 unspecified atom stereocenters. The average molecular weight is 444 g/mol. The van der Waals surface area contributed by atoms with Crippen LogP contribution in [0.2, 0.25) is 10.0 Å². The standard InChI is InChI=1S/C22H19Cl2N3O3/c23-15-8-7-12(10-16(15)24)21-18-19(14-5-1-2-6-17(14)28)25-26-20(18)22(29)27(21)11-13-4-3-9-30-13/h1-2,5-8,10,13,21,28H,3-4,9,11H2,(H,25,26)/t13-,21-/m0/s1. The number of phenolic OH excluding ortho intramolecular Hbond substituents is 1. The van der Waals surface area contributed by atoms with E-state index in [0.717, 1.165) is 24.0 Å². The number of aromatic amines is 1. The molecule has 0 aliphatic carbocycles. The number of carbonyl (C=O) groups excluding carboxylic acids is 1. The van der Waals surface area contributed by atoms with Gasteiger partial charge in [0.25, 0.3) is 5.91 Å². The zero-order valence-corrected chi connectivity index (χ0v) is 17.5. The normalized spacial score (nSPS) is 20.7. The van der Waals surface area contributed by atoms with Crippen LogP contribution in [0.4, 0.5) is 0 Å². The molecule has 2 aliphatic heterocycles. The highest BCUT2D eigenvalue weighted by Crippen LogP contribution is 2.45. The average Bonchev–Trinajstić information content (AvgIpc) is 3.45. The number of hydrogen-bond acceptors (Lipinski definition) is 4. The second-order valence-corrected chi connectivity index (χ2v) is 8.36. The van der Waals surface area contributed by atoms with Crippen molar-refractivity contribution in [2.45, 2.75) is 25.0 Å². The van der Waals surface area contributed by atoms with Gasteiger partial charge in [0, 0.05) is 24.3 Å². The number of carbonyl (C=O) groups is 1. The van der Waals surface area contributed by atoms with Gasteiger partial charge >= 0.3 is 0 Å². The van der Waals surface area contributed by atoms with Crippen molar-refractivity contribution in [3.8, 4) is 17.0 Å². The zero-order chi connectivity index (χ0) is 20.8. The topological polar surface area (TPSA) is 78.5 Å². The molecule has 0 radical (unpaired) electrons. The van der Waals surface area contributed by atoms with Crippen molar-refractivity contribution >= 4 is 29.1 Å². The fourth-order valence-electron chi connectivity index (χ4n) is 4.30. The van der Waals surface area contributed by atoms with Gasteiger partial charge in [-0.25, -0.2) is 0 Å². The van der Waals surface area contributed by atoms with Gasteiger partial charge in [0.1, 0.15) is 17.1 Å². The molecule has 8 heteroatoms. The van der Waals surface area contributed by atoms with Crippen molar-refractivity contribution in [3.05, 3.63) is 69.3 Å². The molecule has 2 atom stereocenters. The molecule has 5 rings (SSSR count). The van der Waals surface area contributed by atoms with Crippen LogP contribution in [-0.4, -0.2) is 45.4 Å². The predicted molar refractivity (Wildman–Crippen MR) is 114 cm³/mol. The van der Waals surface area contributed by atoms with E-state index in [4.69, 9.17) is 27.9 Å². The van der Waals surface area contributed by atoms with E-state index in [1.807, 2.05) is 12.1 Å². The molecular formula is C22H19Cl2N3O3. The third kappa shape index (κ3) is 3.16. The molecular weight excluding hydrogens is 425 g/mol. The van der Waals surface area contributed by atoms with Crippen LogP contribution in [0.25, 0.3) is 11.3 Å². The number of rotatable bonds is 4. The minimum Gasteiger partial charge on any atom is -0.507 e. The Kier molecular flexibility index (Phi) is 4.93. The van der Waals surface area contributed by atoms with Crippen molar-refractivity contribution in [2.75, 3.05) is 13.2 Å². The second-order valence-electron chi connectivity index (χ2n) is 7.55. The highest BCUT2D eigenvalue weighted by atomic mass is 35.5. The highest BCUT2D eigenvalue weighted by Gasteiger charge is 2.43. The minimum atomic E-state index is -0.417. The SMILES string of the molecule is O=C1c2[nH]nc(-c3ccccc3O)c2[C@H](c2ccc(Cl)c(Cl)c2)N1C[C@@H]1CCCO1. The van der Waals surface area contributed by atoms with Gasteiger partial charge in [0.2, 0.25) is 0 Å². The number of amides is 1. The van der Waals surface area contributed by atoms with E-state index in [-0.39, 0.29) is 17.8 Å². The van der Waals surface area contributed by atoms with E-state index in [1.54, 1.807) is 35.2 Å². The quantitative estimate of drug-likeness (QED) is 0.605. The first-order valence-corrected chi connectivity index (χ1v) is 10.5. The number of hydrogen-bond donors (Lipinski definition) is 2. The first kappa shape index (κ1) is 19.4. The van der Waals surface area contributed by atoms with Gasteiger partial charge < -0.3 is 14.7 Å². The number of aromatic nitrogens is 2. The van der Waals surface area contributed by atoms with Gasteiger partial charge in [-0.2, -0.15) is 5.10 Å². The Bertz CT molecular complexity index is 1120. The highest BCUT2D eigenvalue weighted by molar-refractivity contribution is 6.42. The van der Waals surface area contributed by atoms with E-state index in [0.29, 0.717) is 40.1 Å². The fraction of sp³-hybridized carbons (Fsp3) is 0.273. The van der Waals surface area contributed by atoms with E-state index >= 15 is 0 Å². The summed E-state index contributed by atoms with van der Waals surface area (Å²) >= 11 is 12.4. The molecule has 3 heterocycles. The van der Waals surface area contributed by atoms with Gasteiger partial charge in [-0.15, -0.1) is 0 Å². The number of H-pyrrole nitrogens is 1. The first-order valence-electron chi connectivity index (χ1n) is 9.78. The van der Waals surface area contributed by atoms with Crippen molar-refractivity contribution in [1.82, 2.24) is 15.1 Å². The molecule has 0 bridgehead atoms. The van der Waals surface area contributed by atoms with Crippen LogP contribution in [0, 0.1) is 0 Å². The minimum absolute atomic E-state index is 0.00948. The Balaban J connectivity index is 1.66. The van der Waals surface area contributed by atoms with Gasteiger partial charge in [0.05, 0.1) is 22.2 Å². The number of halogens is 2. The molecule has 2 aliphatic rings. The molecule has 30 heavy (non-hydrogen) atoms. The molecule has 0 saturated carbocycles. The summed E-state index contributed by atoms with van der Waals surface area (Å²) in [5.41, 5.74) is 3.07. The summed E-state index contributed by atoms with van der Waals surface area (Å²) in [6, 6.07) is 11.9. The molecule has 1 amide bonds. The summed E-state index contributed by atoms with van der Waals surface area (Å²) in [5.74, 6) is -0.0459. The Labute approximate surface area is 183 Å². The van der Waals surface area contributed by atoms with Gasteiger partial charge in [-0.1, -0.05) is 41.4 Å². The first-order chi connectivity index (χ1) is 14.5. The van der Waals surface area contributed by atoms with E-state index in [2.05, 4.69) is 10.2 Å². The molecule has 6 nitrogen and oxygen atoms in total. The van der Waals surface area contributed by atoms with Crippen LogP contribution in [-0.2, 0) is 4.74 Å². The Morgan fingerprint density at radius 1 is 1.20 bits per heavy atom. The smallest absolute Gasteiger partial charge is 0.273 e. The molecule has 3 aromatic rings. The molecule has 1 saturated heterocycles. The lowest BCUT2D eigenvalue weighted by Gasteiger charge is -2.28.